The summed E-state index contributed by atoms with van der Waals surface area (Å²) in [6, 6.07) is 4.52. The van der Waals surface area contributed by atoms with Gasteiger partial charge in [-0.15, -0.1) is 0 Å². The molecule has 2 bridgehead atoms. The highest BCUT2D eigenvalue weighted by molar-refractivity contribution is 6.36. The van der Waals surface area contributed by atoms with E-state index in [0.717, 1.165) is 12.8 Å². The Hall–Kier alpha value is -1.59. The van der Waals surface area contributed by atoms with Crippen LogP contribution in [0.3, 0.4) is 0 Å². The third-order valence-corrected chi connectivity index (χ3v) is 7.14. The quantitative estimate of drug-likeness (QED) is 0.627. The summed E-state index contributed by atoms with van der Waals surface area (Å²) in [5, 5.41) is 4.74. The summed E-state index contributed by atoms with van der Waals surface area (Å²) >= 11 is 11.9. The monoisotopic (exact) mass is 382 g/mol. The summed E-state index contributed by atoms with van der Waals surface area (Å²) in [6.07, 6.45) is 1.91. The Morgan fingerprint density at radius 2 is 1.88 bits per heavy atom. The molecular formula is C18H20Cl2N2O3. The fourth-order valence-electron chi connectivity index (χ4n) is 4.36. The second kappa shape index (κ2) is 5.71. The number of oxime groups is 1. The number of nitrogens with two attached hydrogens (primary N) is 1. The van der Waals surface area contributed by atoms with Gasteiger partial charge in [-0.05, 0) is 36.5 Å². The predicted octanol–water partition coefficient (Wildman–Crippen LogP) is 4.21. The van der Waals surface area contributed by atoms with Crippen molar-refractivity contribution in [3.63, 3.8) is 0 Å². The van der Waals surface area contributed by atoms with Crippen molar-refractivity contribution in [1.29, 1.82) is 0 Å². The smallest absolute Gasteiger partial charge is 0.367 e. The maximum absolute atomic E-state index is 12.3. The number of amides is 1. The molecule has 2 atom stereocenters. The maximum atomic E-state index is 12.3. The zero-order chi connectivity index (χ0) is 18.6. The van der Waals surface area contributed by atoms with Crippen molar-refractivity contribution in [2.45, 2.75) is 40.0 Å². The van der Waals surface area contributed by atoms with E-state index in [9.17, 15) is 9.59 Å². The Morgan fingerprint density at radius 1 is 1.20 bits per heavy atom. The molecule has 3 rings (SSSR count). The second-order valence-electron chi connectivity index (χ2n) is 7.62. The Labute approximate surface area is 156 Å². The fraction of sp³-hybridized carbons (Fsp3) is 0.500. The second-order valence-corrected chi connectivity index (χ2v) is 8.46. The lowest BCUT2D eigenvalue weighted by molar-refractivity contribution is -0.132. The van der Waals surface area contributed by atoms with Crippen LogP contribution in [0.25, 0.3) is 0 Å². The normalized spacial score (nSPS) is 31.3. The molecule has 2 aliphatic carbocycles. The van der Waals surface area contributed by atoms with Gasteiger partial charge < -0.3 is 10.6 Å². The molecule has 0 aliphatic heterocycles. The lowest BCUT2D eigenvalue weighted by atomic mass is 9.64. The average Bonchev–Trinajstić information content (AvgIpc) is 2.83. The average molecular weight is 383 g/mol. The van der Waals surface area contributed by atoms with Crippen LogP contribution in [0.4, 0.5) is 0 Å². The Morgan fingerprint density at radius 3 is 2.44 bits per heavy atom. The van der Waals surface area contributed by atoms with Gasteiger partial charge in [0.1, 0.15) is 0 Å². The Balaban J connectivity index is 1.88. The summed E-state index contributed by atoms with van der Waals surface area (Å²) in [4.78, 5) is 29.6. The van der Waals surface area contributed by atoms with E-state index in [1.807, 2.05) is 20.8 Å². The highest BCUT2D eigenvalue weighted by atomic mass is 35.5. The minimum Gasteiger partial charge on any atom is -0.369 e. The van der Waals surface area contributed by atoms with Gasteiger partial charge >= 0.3 is 5.97 Å². The molecule has 2 N–H and O–H groups in total. The van der Waals surface area contributed by atoms with E-state index >= 15 is 0 Å². The number of carbonyl (C=O) groups excluding carboxylic acids is 2. The molecule has 0 spiro atoms. The molecular weight excluding hydrogens is 363 g/mol. The van der Waals surface area contributed by atoms with Gasteiger partial charge in [-0.1, -0.05) is 49.1 Å². The highest BCUT2D eigenvalue weighted by Gasteiger charge is 2.71. The van der Waals surface area contributed by atoms with Crippen molar-refractivity contribution in [2.24, 2.45) is 27.1 Å². The molecule has 2 fully saturated rings. The van der Waals surface area contributed by atoms with Crippen LogP contribution in [0.1, 0.15) is 50.4 Å². The summed E-state index contributed by atoms with van der Waals surface area (Å²) in [6.45, 7) is 6.11. The van der Waals surface area contributed by atoms with Gasteiger partial charge in [-0.3, -0.25) is 4.79 Å². The van der Waals surface area contributed by atoms with Crippen LogP contribution in [0.15, 0.2) is 23.4 Å². The van der Waals surface area contributed by atoms with Crippen LogP contribution >= 0.6 is 23.2 Å². The molecule has 2 unspecified atom stereocenters. The number of nitrogens with zero attached hydrogens (tertiary/aromatic N) is 1. The highest BCUT2D eigenvalue weighted by Crippen LogP contribution is 2.70. The van der Waals surface area contributed by atoms with Crippen LogP contribution in [0, 0.1) is 16.2 Å². The standard InChI is InChI=1S/C18H20Cl2N2O3/c1-16(2)17(3)6-7-18(16,15(21)24)9-13(17)22-25-14(23)11-5-4-10(19)8-12(11)20/h4-5,8H,6-7,9H2,1-3H3,(H2,21,24)/b22-13-. The first kappa shape index (κ1) is 18.2. The summed E-state index contributed by atoms with van der Waals surface area (Å²) < 4.78 is 0. The van der Waals surface area contributed by atoms with E-state index in [1.54, 1.807) is 6.07 Å². The van der Waals surface area contributed by atoms with Crippen LogP contribution in [0.2, 0.25) is 10.0 Å². The molecule has 134 valence electrons. The van der Waals surface area contributed by atoms with E-state index in [2.05, 4.69) is 5.16 Å². The number of carbonyl (C=O) groups is 2. The first-order chi connectivity index (χ1) is 11.5. The van der Waals surface area contributed by atoms with E-state index in [4.69, 9.17) is 33.8 Å². The van der Waals surface area contributed by atoms with Crippen LogP contribution in [-0.4, -0.2) is 17.6 Å². The lowest BCUT2D eigenvalue weighted by Gasteiger charge is -2.38. The lowest BCUT2D eigenvalue weighted by Crippen LogP contribution is -2.44. The van der Waals surface area contributed by atoms with Crippen molar-refractivity contribution >= 4 is 40.8 Å². The third-order valence-electron chi connectivity index (χ3n) is 6.60. The van der Waals surface area contributed by atoms with Crippen molar-refractivity contribution in [1.82, 2.24) is 0 Å². The largest absolute Gasteiger partial charge is 0.369 e. The predicted molar refractivity (Wildman–Crippen MR) is 96.7 cm³/mol. The molecule has 7 heteroatoms. The van der Waals surface area contributed by atoms with E-state index in [0.29, 0.717) is 17.2 Å². The first-order valence-electron chi connectivity index (χ1n) is 8.09. The zero-order valence-corrected chi connectivity index (χ0v) is 15.9. The minimum absolute atomic E-state index is 0.188. The van der Waals surface area contributed by atoms with Gasteiger partial charge in [0, 0.05) is 16.9 Å². The Kier molecular flexibility index (Phi) is 4.16. The third kappa shape index (κ3) is 2.40. The van der Waals surface area contributed by atoms with Gasteiger partial charge in [0.25, 0.3) is 0 Å². The molecule has 5 nitrogen and oxygen atoms in total. The number of rotatable bonds is 3. The van der Waals surface area contributed by atoms with E-state index < -0.39 is 11.4 Å². The topological polar surface area (TPSA) is 81.8 Å². The SMILES string of the molecule is CC12CCC(C(N)=O)(C/C1=N/OC(=O)c1ccc(Cl)cc1Cl)C2(C)C. The molecule has 1 aromatic rings. The van der Waals surface area contributed by atoms with Gasteiger partial charge in [0.15, 0.2) is 0 Å². The summed E-state index contributed by atoms with van der Waals surface area (Å²) in [5.74, 6) is -0.982. The molecule has 0 heterocycles. The van der Waals surface area contributed by atoms with Crippen LogP contribution in [-0.2, 0) is 9.63 Å². The summed E-state index contributed by atoms with van der Waals surface area (Å²) in [5.41, 5.74) is 5.26. The minimum atomic E-state index is -0.661. The molecule has 0 aromatic heterocycles. The van der Waals surface area contributed by atoms with Gasteiger partial charge in [-0.2, -0.15) is 0 Å². The van der Waals surface area contributed by atoms with Crippen molar-refractivity contribution in [3.05, 3.63) is 33.8 Å². The molecule has 1 aromatic carbocycles. The molecule has 0 saturated heterocycles. The van der Waals surface area contributed by atoms with Crippen LogP contribution in [0.5, 0.6) is 0 Å². The number of benzene rings is 1. The number of hydrogen-bond acceptors (Lipinski definition) is 4. The van der Waals surface area contributed by atoms with Gasteiger partial charge in [0.05, 0.1) is 21.7 Å². The maximum Gasteiger partial charge on any atom is 0.367 e. The summed E-state index contributed by atoms with van der Waals surface area (Å²) in [7, 11) is 0. The number of fused-ring (bicyclic) bond motifs is 2. The first-order valence-corrected chi connectivity index (χ1v) is 8.84. The number of primary amides is 1. The molecule has 2 saturated carbocycles. The van der Waals surface area contributed by atoms with Crippen molar-refractivity contribution in [2.75, 3.05) is 0 Å². The molecule has 2 aliphatic rings. The fourth-order valence-corrected chi connectivity index (χ4v) is 4.85. The van der Waals surface area contributed by atoms with Gasteiger partial charge in [-0.25, -0.2) is 4.79 Å². The number of hydrogen-bond donors (Lipinski definition) is 1. The zero-order valence-electron chi connectivity index (χ0n) is 14.4. The van der Waals surface area contributed by atoms with E-state index in [1.165, 1.54) is 12.1 Å². The number of halogens is 2. The molecule has 1 amide bonds. The van der Waals surface area contributed by atoms with Gasteiger partial charge in [0.2, 0.25) is 5.91 Å². The Bertz CT molecular complexity index is 806. The molecule has 25 heavy (non-hydrogen) atoms. The van der Waals surface area contributed by atoms with E-state index in [-0.39, 0.29) is 27.3 Å². The van der Waals surface area contributed by atoms with Crippen molar-refractivity contribution in [3.8, 4) is 0 Å². The van der Waals surface area contributed by atoms with Crippen LogP contribution < -0.4 is 5.73 Å². The van der Waals surface area contributed by atoms with Crippen molar-refractivity contribution < 1.29 is 14.4 Å². The molecule has 0 radical (unpaired) electrons.